The molecule has 39 heavy (non-hydrogen) atoms. The number of rotatable bonds is 5. The highest BCUT2D eigenvalue weighted by molar-refractivity contribution is 5.96. The number of benzene rings is 2. The van der Waals surface area contributed by atoms with Crippen molar-refractivity contribution in [2.75, 3.05) is 44.7 Å². The van der Waals surface area contributed by atoms with E-state index in [9.17, 15) is 4.79 Å². The maximum absolute atomic E-state index is 12.7. The molecule has 0 atom stereocenters. The minimum absolute atomic E-state index is 0.302. The largest absolute Gasteiger partial charge is 0.415 e. The Bertz CT molecular complexity index is 1460. The first-order valence-electron chi connectivity index (χ1n) is 13.8. The Kier molecular flexibility index (Phi) is 7.36. The lowest BCUT2D eigenvalue weighted by atomic mass is 10.00. The normalized spacial score (nSPS) is 14.6. The fraction of sp³-hybridized carbons (Fsp3) is 0.375. The SMILES string of the molecule is CCN(C(=O)Oc1ccc(-c2c[nH]c3ncc(-c4ccc(N5CCN(C)CC5)c(C)c4)cc23)cc1)C(C)(C)C. The third kappa shape index (κ3) is 5.64. The number of nitrogens with one attached hydrogen (secondary N) is 1. The highest BCUT2D eigenvalue weighted by atomic mass is 16.6. The molecule has 5 rings (SSSR count). The summed E-state index contributed by atoms with van der Waals surface area (Å²) in [7, 11) is 2.18. The molecule has 7 heteroatoms. The van der Waals surface area contributed by atoms with E-state index in [2.05, 4.69) is 53.0 Å². The van der Waals surface area contributed by atoms with Crippen LogP contribution in [0.4, 0.5) is 10.5 Å². The summed E-state index contributed by atoms with van der Waals surface area (Å²) < 4.78 is 5.66. The highest BCUT2D eigenvalue weighted by Crippen LogP contribution is 2.33. The lowest BCUT2D eigenvalue weighted by Crippen LogP contribution is -2.46. The van der Waals surface area contributed by atoms with Gasteiger partial charge in [0.1, 0.15) is 11.4 Å². The van der Waals surface area contributed by atoms with E-state index in [-0.39, 0.29) is 11.6 Å². The van der Waals surface area contributed by atoms with E-state index >= 15 is 0 Å². The van der Waals surface area contributed by atoms with Crippen molar-refractivity contribution in [1.82, 2.24) is 19.8 Å². The number of amides is 1. The number of carbonyl (C=O) groups excluding carboxylic acids is 1. The summed E-state index contributed by atoms with van der Waals surface area (Å²) in [6.07, 6.45) is 3.58. The van der Waals surface area contributed by atoms with Crippen molar-refractivity contribution >= 4 is 22.8 Å². The van der Waals surface area contributed by atoms with Gasteiger partial charge < -0.3 is 24.4 Å². The first-order chi connectivity index (χ1) is 18.6. The minimum atomic E-state index is -0.340. The number of aromatic nitrogens is 2. The van der Waals surface area contributed by atoms with Crippen LogP contribution < -0.4 is 9.64 Å². The van der Waals surface area contributed by atoms with Gasteiger partial charge >= 0.3 is 6.09 Å². The first-order valence-corrected chi connectivity index (χ1v) is 13.8. The number of hydrogen-bond donors (Lipinski definition) is 1. The van der Waals surface area contributed by atoms with Gasteiger partial charge in [0.05, 0.1) is 0 Å². The van der Waals surface area contributed by atoms with Gasteiger partial charge in [0.15, 0.2) is 0 Å². The summed E-state index contributed by atoms with van der Waals surface area (Å²) in [5, 5.41) is 1.06. The number of anilines is 1. The molecule has 0 saturated carbocycles. The topological polar surface area (TPSA) is 64.7 Å². The summed E-state index contributed by atoms with van der Waals surface area (Å²) in [5.74, 6) is 0.529. The number of pyridine rings is 1. The Balaban J connectivity index is 1.37. The van der Waals surface area contributed by atoms with E-state index in [1.54, 1.807) is 4.90 Å². The predicted octanol–water partition coefficient (Wildman–Crippen LogP) is 6.58. The van der Waals surface area contributed by atoms with Crippen LogP contribution in [-0.4, -0.2) is 71.2 Å². The van der Waals surface area contributed by atoms with E-state index in [0.717, 1.165) is 59.5 Å². The quantitative estimate of drug-likeness (QED) is 0.319. The monoisotopic (exact) mass is 525 g/mol. The number of piperazine rings is 1. The number of aryl methyl sites for hydroxylation is 1. The van der Waals surface area contributed by atoms with Gasteiger partial charge in [0.2, 0.25) is 0 Å². The summed E-state index contributed by atoms with van der Waals surface area (Å²) in [6.45, 7) is 15.0. The maximum Gasteiger partial charge on any atom is 0.415 e. The van der Waals surface area contributed by atoms with Crippen LogP contribution in [-0.2, 0) is 0 Å². The first kappa shape index (κ1) is 26.8. The highest BCUT2D eigenvalue weighted by Gasteiger charge is 2.26. The van der Waals surface area contributed by atoms with Crippen LogP contribution in [0.15, 0.2) is 60.9 Å². The van der Waals surface area contributed by atoms with Crippen LogP contribution >= 0.6 is 0 Å². The van der Waals surface area contributed by atoms with Crippen LogP contribution in [0.2, 0.25) is 0 Å². The number of nitrogens with zero attached hydrogens (tertiary/aromatic N) is 4. The fourth-order valence-corrected chi connectivity index (χ4v) is 5.37. The Morgan fingerprint density at radius 1 is 1.00 bits per heavy atom. The van der Waals surface area contributed by atoms with Gasteiger partial charge in [-0.2, -0.15) is 0 Å². The van der Waals surface area contributed by atoms with Crippen molar-refractivity contribution < 1.29 is 9.53 Å². The Labute approximate surface area is 231 Å². The molecule has 1 saturated heterocycles. The number of aromatic amines is 1. The molecule has 2 aromatic heterocycles. The summed E-state index contributed by atoms with van der Waals surface area (Å²) >= 11 is 0. The molecule has 2 aromatic carbocycles. The summed E-state index contributed by atoms with van der Waals surface area (Å²) in [5.41, 5.74) is 7.48. The average molecular weight is 526 g/mol. The molecule has 0 aliphatic carbocycles. The van der Waals surface area contributed by atoms with Crippen molar-refractivity contribution in [2.45, 2.75) is 40.2 Å². The molecule has 1 fully saturated rings. The van der Waals surface area contributed by atoms with E-state index in [0.29, 0.717) is 12.3 Å². The second kappa shape index (κ2) is 10.7. The van der Waals surface area contributed by atoms with Gasteiger partial charge in [-0.05, 0) is 88.7 Å². The molecule has 1 aliphatic rings. The molecule has 1 N–H and O–H groups in total. The molecule has 1 aliphatic heterocycles. The zero-order valence-corrected chi connectivity index (χ0v) is 23.9. The molecule has 0 unspecified atom stereocenters. The Hall–Kier alpha value is -3.84. The van der Waals surface area contributed by atoms with Crippen molar-refractivity contribution in [1.29, 1.82) is 0 Å². The Morgan fingerprint density at radius 3 is 2.33 bits per heavy atom. The van der Waals surface area contributed by atoms with Gasteiger partial charge in [-0.1, -0.05) is 18.2 Å². The fourth-order valence-electron chi connectivity index (χ4n) is 5.37. The van der Waals surface area contributed by atoms with Gasteiger partial charge in [-0.25, -0.2) is 9.78 Å². The predicted molar refractivity (Wildman–Crippen MR) is 160 cm³/mol. The number of ether oxygens (including phenoxy) is 1. The zero-order chi connectivity index (χ0) is 27.7. The lowest BCUT2D eigenvalue weighted by Gasteiger charge is -2.35. The summed E-state index contributed by atoms with van der Waals surface area (Å²) in [4.78, 5) is 27.3. The van der Waals surface area contributed by atoms with E-state index in [1.165, 1.54) is 11.3 Å². The number of fused-ring (bicyclic) bond motifs is 1. The van der Waals surface area contributed by atoms with Gasteiger partial charge in [-0.15, -0.1) is 0 Å². The average Bonchev–Trinajstić information content (AvgIpc) is 3.32. The molecular formula is C32H39N5O2. The van der Waals surface area contributed by atoms with Crippen molar-refractivity contribution in [2.24, 2.45) is 0 Å². The van der Waals surface area contributed by atoms with Crippen molar-refractivity contribution in [3.63, 3.8) is 0 Å². The molecule has 0 radical (unpaired) electrons. The van der Waals surface area contributed by atoms with Crippen LogP contribution in [0.5, 0.6) is 5.75 Å². The number of carbonyl (C=O) groups is 1. The molecular weight excluding hydrogens is 486 g/mol. The minimum Gasteiger partial charge on any atom is -0.410 e. The summed E-state index contributed by atoms with van der Waals surface area (Å²) in [6, 6.07) is 16.6. The molecule has 3 heterocycles. The van der Waals surface area contributed by atoms with E-state index in [4.69, 9.17) is 9.72 Å². The third-order valence-corrected chi connectivity index (χ3v) is 7.62. The molecule has 204 valence electrons. The van der Waals surface area contributed by atoms with Crippen molar-refractivity contribution in [3.05, 3.63) is 66.5 Å². The smallest absolute Gasteiger partial charge is 0.410 e. The maximum atomic E-state index is 12.7. The van der Waals surface area contributed by atoms with Crippen LogP contribution in [0, 0.1) is 6.92 Å². The second-order valence-corrected chi connectivity index (χ2v) is 11.4. The standard InChI is InChI=1S/C32H39N5O2/c1-7-37(32(3,4)5)31(38)39-26-11-8-23(9-12-26)28-21-34-30-27(28)19-25(20-33-30)24-10-13-29(22(2)18-24)36-16-14-35(6)15-17-36/h8-13,18-21H,7,14-17H2,1-6H3,(H,33,34). The number of likely N-dealkylation sites (N-methyl/N-ethyl adjacent to an activating group) is 1. The van der Waals surface area contributed by atoms with E-state index in [1.807, 2.05) is 64.4 Å². The number of H-pyrrole nitrogens is 1. The van der Waals surface area contributed by atoms with Crippen molar-refractivity contribution in [3.8, 4) is 28.0 Å². The van der Waals surface area contributed by atoms with Gasteiger partial charge in [0.25, 0.3) is 0 Å². The van der Waals surface area contributed by atoms with E-state index < -0.39 is 0 Å². The molecule has 0 spiro atoms. The number of hydrogen-bond acceptors (Lipinski definition) is 5. The molecule has 7 nitrogen and oxygen atoms in total. The second-order valence-electron chi connectivity index (χ2n) is 11.4. The van der Waals surface area contributed by atoms with Crippen LogP contribution in [0.3, 0.4) is 0 Å². The Morgan fingerprint density at radius 2 is 1.69 bits per heavy atom. The van der Waals surface area contributed by atoms with Gasteiger partial charge in [0, 0.05) is 72.9 Å². The van der Waals surface area contributed by atoms with Gasteiger partial charge in [-0.3, -0.25) is 0 Å². The van der Waals surface area contributed by atoms with Crippen LogP contribution in [0.25, 0.3) is 33.3 Å². The molecule has 4 aromatic rings. The molecule has 0 bridgehead atoms. The lowest BCUT2D eigenvalue weighted by molar-refractivity contribution is 0.110. The molecule has 1 amide bonds. The third-order valence-electron chi connectivity index (χ3n) is 7.62. The van der Waals surface area contributed by atoms with Crippen LogP contribution in [0.1, 0.15) is 33.3 Å². The zero-order valence-electron chi connectivity index (χ0n) is 23.9.